The monoisotopic (exact) mass is 213 g/mol. The number of nitrogens with zero attached hydrogens (tertiary/aromatic N) is 2. The number of hydrazine groups is 1. The second-order valence-corrected chi connectivity index (χ2v) is 3.85. The maximum atomic E-state index is 11.4. The molecule has 1 aliphatic heterocycles. The first-order valence-electron chi connectivity index (χ1n) is 5.15. The molecule has 0 radical (unpaired) electrons. The van der Waals surface area contributed by atoms with E-state index in [0.29, 0.717) is 12.5 Å². The largest absolute Gasteiger partial charge is 0.353 e. The maximum absolute atomic E-state index is 11.4. The van der Waals surface area contributed by atoms with E-state index < -0.39 is 0 Å². The summed E-state index contributed by atoms with van der Waals surface area (Å²) in [7, 11) is 0. The van der Waals surface area contributed by atoms with Gasteiger partial charge in [-0.25, -0.2) is 10.8 Å². The Bertz CT molecular complexity index is 263. The molecule has 4 N–H and O–H groups in total. The molecule has 0 aromatic rings. The molecular weight excluding hydrogens is 194 g/mol. The molecule has 86 valence electrons. The number of hydrogen-bond donors (Lipinski definition) is 3. The molecule has 15 heavy (non-hydrogen) atoms. The number of piperazine rings is 1. The predicted octanol–water partition coefficient (Wildman–Crippen LogP) is -0.966. The van der Waals surface area contributed by atoms with Crippen molar-refractivity contribution in [2.45, 2.75) is 32.9 Å². The number of rotatable bonds is 1. The van der Waals surface area contributed by atoms with Crippen molar-refractivity contribution in [3.8, 4) is 0 Å². The van der Waals surface area contributed by atoms with Crippen molar-refractivity contribution in [2.75, 3.05) is 13.1 Å². The van der Waals surface area contributed by atoms with Crippen molar-refractivity contribution in [1.82, 2.24) is 15.6 Å². The quantitative estimate of drug-likeness (QED) is 0.227. The van der Waals surface area contributed by atoms with Crippen LogP contribution < -0.4 is 16.6 Å². The predicted molar refractivity (Wildman–Crippen MR) is 59.1 cm³/mol. The zero-order valence-electron chi connectivity index (χ0n) is 9.45. The highest BCUT2D eigenvalue weighted by molar-refractivity contribution is 5.89. The van der Waals surface area contributed by atoms with Crippen LogP contribution in [-0.2, 0) is 4.79 Å². The van der Waals surface area contributed by atoms with Crippen molar-refractivity contribution in [2.24, 2.45) is 10.8 Å². The maximum Gasteiger partial charge on any atom is 0.242 e. The second kappa shape index (κ2) is 4.97. The van der Waals surface area contributed by atoms with Gasteiger partial charge >= 0.3 is 0 Å². The van der Waals surface area contributed by atoms with Crippen LogP contribution in [0.25, 0.3) is 0 Å². The average Bonchev–Trinajstić information content (AvgIpc) is 2.19. The van der Waals surface area contributed by atoms with E-state index in [0.717, 1.165) is 6.54 Å². The Kier molecular flexibility index (Phi) is 3.90. The minimum absolute atomic E-state index is 0.00737. The van der Waals surface area contributed by atoms with Crippen LogP contribution in [0.2, 0.25) is 0 Å². The molecule has 1 rings (SSSR count). The molecule has 0 bridgehead atoms. The SMILES string of the molecule is CC(C)N=C(NN)N1CCNC(=O)C1C. The van der Waals surface area contributed by atoms with Gasteiger partial charge in [0.05, 0.1) is 0 Å². The normalized spacial score (nSPS) is 23.0. The molecule has 1 aliphatic rings. The summed E-state index contributed by atoms with van der Waals surface area (Å²) in [5.41, 5.74) is 2.55. The smallest absolute Gasteiger partial charge is 0.242 e. The minimum Gasteiger partial charge on any atom is -0.353 e. The first-order chi connectivity index (χ1) is 7.06. The lowest BCUT2D eigenvalue weighted by Gasteiger charge is -2.34. The van der Waals surface area contributed by atoms with Gasteiger partial charge in [0, 0.05) is 19.1 Å². The summed E-state index contributed by atoms with van der Waals surface area (Å²) in [5, 5.41) is 2.79. The Morgan fingerprint density at radius 2 is 2.40 bits per heavy atom. The van der Waals surface area contributed by atoms with Gasteiger partial charge in [0.25, 0.3) is 0 Å². The lowest BCUT2D eigenvalue weighted by molar-refractivity contribution is -0.126. The van der Waals surface area contributed by atoms with Gasteiger partial charge in [-0.2, -0.15) is 0 Å². The van der Waals surface area contributed by atoms with Crippen LogP contribution in [0.15, 0.2) is 4.99 Å². The van der Waals surface area contributed by atoms with E-state index in [1.165, 1.54) is 0 Å². The Morgan fingerprint density at radius 3 is 2.93 bits per heavy atom. The summed E-state index contributed by atoms with van der Waals surface area (Å²) < 4.78 is 0. The molecule has 6 heteroatoms. The number of amides is 1. The topological polar surface area (TPSA) is 82.8 Å². The van der Waals surface area contributed by atoms with Crippen molar-refractivity contribution >= 4 is 11.9 Å². The minimum atomic E-state index is -0.229. The molecule has 0 saturated carbocycles. The third-order valence-electron chi connectivity index (χ3n) is 2.28. The molecule has 1 heterocycles. The second-order valence-electron chi connectivity index (χ2n) is 3.85. The van der Waals surface area contributed by atoms with E-state index in [2.05, 4.69) is 15.7 Å². The first-order valence-corrected chi connectivity index (χ1v) is 5.15. The highest BCUT2D eigenvalue weighted by Gasteiger charge is 2.27. The number of nitrogens with two attached hydrogens (primary N) is 1. The fourth-order valence-corrected chi connectivity index (χ4v) is 1.51. The van der Waals surface area contributed by atoms with E-state index in [-0.39, 0.29) is 18.0 Å². The lowest BCUT2D eigenvalue weighted by Crippen LogP contribution is -2.59. The van der Waals surface area contributed by atoms with Crippen molar-refractivity contribution in [3.63, 3.8) is 0 Å². The summed E-state index contributed by atoms with van der Waals surface area (Å²) in [4.78, 5) is 17.6. The highest BCUT2D eigenvalue weighted by atomic mass is 16.2. The molecule has 0 aromatic heterocycles. The van der Waals surface area contributed by atoms with Crippen molar-refractivity contribution < 1.29 is 4.79 Å². The molecule has 1 unspecified atom stereocenters. The molecule has 1 saturated heterocycles. The van der Waals surface area contributed by atoms with Crippen LogP contribution >= 0.6 is 0 Å². The summed E-state index contributed by atoms with van der Waals surface area (Å²) in [6, 6.07) is -0.0828. The number of aliphatic imine (C=N–C) groups is 1. The molecule has 6 nitrogen and oxygen atoms in total. The number of carbonyl (C=O) groups is 1. The Hall–Kier alpha value is -1.30. The lowest BCUT2D eigenvalue weighted by atomic mass is 10.2. The molecule has 1 atom stereocenters. The molecular formula is C9H19N5O. The van der Waals surface area contributed by atoms with Crippen LogP contribution in [0.4, 0.5) is 0 Å². The average molecular weight is 213 g/mol. The zero-order valence-corrected chi connectivity index (χ0v) is 9.45. The van der Waals surface area contributed by atoms with Gasteiger partial charge in [-0.15, -0.1) is 0 Å². The van der Waals surface area contributed by atoms with Crippen molar-refractivity contribution in [1.29, 1.82) is 0 Å². The van der Waals surface area contributed by atoms with Gasteiger partial charge in [-0.05, 0) is 20.8 Å². The van der Waals surface area contributed by atoms with Crippen LogP contribution in [0.3, 0.4) is 0 Å². The number of guanidine groups is 1. The molecule has 0 spiro atoms. The Balaban J connectivity index is 2.79. The van der Waals surface area contributed by atoms with E-state index >= 15 is 0 Å². The third-order valence-corrected chi connectivity index (χ3v) is 2.28. The summed E-state index contributed by atoms with van der Waals surface area (Å²) in [6.07, 6.45) is 0. The van der Waals surface area contributed by atoms with Gasteiger partial charge in [-0.3, -0.25) is 10.2 Å². The molecule has 0 aliphatic carbocycles. The summed E-state index contributed by atoms with van der Waals surface area (Å²) in [6.45, 7) is 7.12. The van der Waals surface area contributed by atoms with E-state index in [4.69, 9.17) is 5.84 Å². The number of carbonyl (C=O) groups excluding carboxylic acids is 1. The van der Waals surface area contributed by atoms with Crippen LogP contribution in [0.5, 0.6) is 0 Å². The standard InChI is InChI=1S/C9H19N5O/c1-6(2)12-9(13-10)14-5-4-11-8(15)7(14)3/h6-7H,4-5,10H2,1-3H3,(H,11,15)(H,12,13). The van der Waals surface area contributed by atoms with E-state index in [9.17, 15) is 4.79 Å². The van der Waals surface area contributed by atoms with Gasteiger partial charge in [-0.1, -0.05) is 0 Å². The van der Waals surface area contributed by atoms with Gasteiger partial charge in [0.2, 0.25) is 11.9 Å². The van der Waals surface area contributed by atoms with Crippen LogP contribution in [0, 0.1) is 0 Å². The molecule has 1 fully saturated rings. The van der Waals surface area contributed by atoms with Gasteiger partial charge in [0.1, 0.15) is 6.04 Å². The molecule has 1 amide bonds. The van der Waals surface area contributed by atoms with Crippen molar-refractivity contribution in [3.05, 3.63) is 0 Å². The number of nitrogens with one attached hydrogen (secondary N) is 2. The van der Waals surface area contributed by atoms with Crippen LogP contribution in [-0.4, -0.2) is 41.9 Å². The fourth-order valence-electron chi connectivity index (χ4n) is 1.51. The summed E-state index contributed by atoms with van der Waals surface area (Å²) >= 11 is 0. The molecule has 0 aromatic carbocycles. The fraction of sp³-hybridized carbons (Fsp3) is 0.778. The Morgan fingerprint density at radius 1 is 1.73 bits per heavy atom. The number of hydrogen-bond acceptors (Lipinski definition) is 3. The van der Waals surface area contributed by atoms with E-state index in [1.807, 2.05) is 25.7 Å². The van der Waals surface area contributed by atoms with Gasteiger partial charge in [0.15, 0.2) is 0 Å². The Labute approximate surface area is 89.9 Å². The third kappa shape index (κ3) is 2.82. The highest BCUT2D eigenvalue weighted by Crippen LogP contribution is 2.04. The van der Waals surface area contributed by atoms with E-state index in [1.54, 1.807) is 0 Å². The van der Waals surface area contributed by atoms with Gasteiger partial charge < -0.3 is 10.2 Å². The van der Waals surface area contributed by atoms with Crippen LogP contribution in [0.1, 0.15) is 20.8 Å². The summed E-state index contributed by atoms with van der Waals surface area (Å²) in [5.74, 6) is 5.99. The first kappa shape index (κ1) is 11.8. The zero-order chi connectivity index (χ0) is 11.4.